The van der Waals surface area contributed by atoms with Gasteiger partial charge in [-0.2, -0.15) is 13.2 Å². The predicted octanol–water partition coefficient (Wildman–Crippen LogP) is 5.94. The number of benzene rings is 1. The van der Waals surface area contributed by atoms with Crippen LogP contribution in [0.1, 0.15) is 28.7 Å². The zero-order valence-corrected chi connectivity index (χ0v) is 18.7. The molecule has 7 heteroatoms. The minimum Gasteiger partial charge on any atom is -0.493 e. The fourth-order valence-electron chi connectivity index (χ4n) is 4.09. The molecule has 1 aliphatic heterocycles. The Hall–Kier alpha value is -3.32. The molecule has 1 N–H and O–H groups in total. The van der Waals surface area contributed by atoms with Gasteiger partial charge in [0, 0.05) is 28.9 Å². The molecule has 0 atom stereocenters. The number of alkyl halides is 3. The molecule has 3 aliphatic rings. The third-order valence-corrected chi connectivity index (χ3v) is 5.65. The average molecular weight is 454 g/mol. The van der Waals surface area contributed by atoms with Gasteiger partial charge in [-0.15, -0.1) is 0 Å². The summed E-state index contributed by atoms with van der Waals surface area (Å²) < 4.78 is 45.8. The first-order chi connectivity index (χ1) is 15.6. The van der Waals surface area contributed by atoms with Gasteiger partial charge in [0.15, 0.2) is 0 Å². The highest BCUT2D eigenvalue weighted by molar-refractivity contribution is 6.35. The number of nitrogens with zero attached hydrogens (tertiary/aromatic N) is 1. The number of nitrogens with one attached hydrogen (secondary N) is 1. The number of aryl methyl sites for hydroxylation is 1. The van der Waals surface area contributed by atoms with Gasteiger partial charge in [-0.05, 0) is 74.5 Å². The number of rotatable bonds is 6. The molecule has 4 nitrogen and oxygen atoms in total. The monoisotopic (exact) mass is 454 g/mol. The van der Waals surface area contributed by atoms with E-state index in [-0.39, 0.29) is 11.1 Å². The molecule has 0 saturated carbocycles. The quantitative estimate of drug-likeness (QED) is 0.370. The van der Waals surface area contributed by atoms with Crippen molar-refractivity contribution in [3.05, 3.63) is 70.8 Å². The van der Waals surface area contributed by atoms with Crippen LogP contribution < -0.4 is 10.1 Å². The van der Waals surface area contributed by atoms with Crippen LogP contribution in [0.25, 0.3) is 22.8 Å². The second kappa shape index (κ2) is 8.90. The summed E-state index contributed by atoms with van der Waals surface area (Å²) in [7, 11) is 4.02. The van der Waals surface area contributed by atoms with Crippen LogP contribution in [0, 0.1) is 6.92 Å². The third-order valence-electron chi connectivity index (χ3n) is 5.65. The molecule has 0 spiro atoms. The maximum atomic E-state index is 13.2. The number of halogens is 3. The molecule has 0 aromatic heterocycles. The number of amides is 1. The van der Waals surface area contributed by atoms with Crippen molar-refractivity contribution in [3.63, 3.8) is 0 Å². The van der Waals surface area contributed by atoms with E-state index in [1.807, 2.05) is 51.4 Å². The molecule has 1 aromatic rings. The Bertz CT molecular complexity index is 1200. The van der Waals surface area contributed by atoms with Gasteiger partial charge in [-0.25, -0.2) is 0 Å². The van der Waals surface area contributed by atoms with Crippen LogP contribution in [0.5, 0.6) is 5.75 Å². The van der Waals surface area contributed by atoms with Crippen molar-refractivity contribution in [1.82, 2.24) is 4.90 Å². The molecular formula is C26H25F3N2O2. The average Bonchev–Trinajstić information content (AvgIpc) is 3.11. The highest BCUT2D eigenvalue weighted by Gasteiger charge is 2.34. The fourth-order valence-corrected chi connectivity index (χ4v) is 4.09. The largest absolute Gasteiger partial charge is 0.493 e. The van der Waals surface area contributed by atoms with E-state index in [4.69, 9.17) is 4.74 Å². The van der Waals surface area contributed by atoms with Gasteiger partial charge >= 0.3 is 6.18 Å². The van der Waals surface area contributed by atoms with Crippen LogP contribution in [-0.4, -0.2) is 38.1 Å². The van der Waals surface area contributed by atoms with Crippen molar-refractivity contribution in [1.29, 1.82) is 0 Å². The molecule has 0 saturated heterocycles. The molecule has 2 aliphatic carbocycles. The first kappa shape index (κ1) is 22.9. The van der Waals surface area contributed by atoms with Crippen molar-refractivity contribution in [3.8, 4) is 16.9 Å². The van der Waals surface area contributed by atoms with Crippen LogP contribution in [0.4, 0.5) is 18.9 Å². The summed E-state index contributed by atoms with van der Waals surface area (Å²) in [5, 5.41) is 2.66. The minimum absolute atomic E-state index is 0.211. The molecule has 4 rings (SSSR count). The summed E-state index contributed by atoms with van der Waals surface area (Å²) in [5.41, 5.74) is 3.59. The zero-order valence-electron chi connectivity index (χ0n) is 18.7. The van der Waals surface area contributed by atoms with E-state index in [1.54, 1.807) is 6.08 Å². The molecule has 0 unspecified atom stereocenters. The molecule has 0 radical (unpaired) electrons. The first-order valence-electron chi connectivity index (χ1n) is 10.7. The van der Waals surface area contributed by atoms with Crippen molar-refractivity contribution in [2.45, 2.75) is 19.5 Å². The molecule has 0 bridgehead atoms. The SMILES string of the molecule is Cc1cc(/C=C2/C(=O)Nc3ccc(C(F)(F)F)cc32)c2ccccc(OCCCN(C)C)c1-2. The molecule has 33 heavy (non-hydrogen) atoms. The van der Waals surface area contributed by atoms with Crippen molar-refractivity contribution in [2.75, 3.05) is 32.6 Å². The van der Waals surface area contributed by atoms with E-state index in [2.05, 4.69) is 10.2 Å². The van der Waals surface area contributed by atoms with Crippen molar-refractivity contribution in [2.24, 2.45) is 0 Å². The molecule has 172 valence electrons. The standard InChI is InChI=1S/C26H25F3N2O2/c1-16-13-17(19-7-4-5-8-23(24(16)19)33-12-6-11-31(2)3)14-21-20-15-18(26(27,28)29)9-10-22(20)30-25(21)32/h4-5,7-10,13-15H,6,11-12H2,1-3H3,(H,30,32)/b21-14+. The maximum Gasteiger partial charge on any atom is 0.416 e. The van der Waals surface area contributed by atoms with Gasteiger partial charge < -0.3 is 15.0 Å². The van der Waals surface area contributed by atoms with E-state index < -0.39 is 17.6 Å². The van der Waals surface area contributed by atoms with E-state index in [1.165, 1.54) is 6.07 Å². The Morgan fingerprint density at radius 2 is 1.82 bits per heavy atom. The number of carbonyl (C=O) groups is 1. The highest BCUT2D eigenvalue weighted by Crippen LogP contribution is 2.42. The number of anilines is 1. The summed E-state index contributed by atoms with van der Waals surface area (Å²) in [6.45, 7) is 3.43. The number of fused-ring (bicyclic) bond motifs is 2. The lowest BCUT2D eigenvalue weighted by Gasteiger charge is -2.12. The Morgan fingerprint density at radius 1 is 1.06 bits per heavy atom. The minimum atomic E-state index is -4.48. The van der Waals surface area contributed by atoms with Crippen molar-refractivity contribution < 1.29 is 22.7 Å². The maximum absolute atomic E-state index is 13.2. The molecular weight excluding hydrogens is 429 g/mol. The van der Waals surface area contributed by atoms with Crippen LogP contribution >= 0.6 is 0 Å². The first-order valence-corrected chi connectivity index (χ1v) is 10.7. The molecule has 1 heterocycles. The molecule has 0 fully saturated rings. The van der Waals surface area contributed by atoms with Crippen LogP contribution in [0.2, 0.25) is 0 Å². The summed E-state index contributed by atoms with van der Waals surface area (Å²) in [6.07, 6.45) is -1.95. The Morgan fingerprint density at radius 3 is 2.55 bits per heavy atom. The van der Waals surface area contributed by atoms with Gasteiger partial charge in [0.1, 0.15) is 5.75 Å². The normalized spacial score (nSPS) is 14.8. The lowest BCUT2D eigenvalue weighted by molar-refractivity contribution is -0.137. The van der Waals surface area contributed by atoms with E-state index in [9.17, 15) is 18.0 Å². The van der Waals surface area contributed by atoms with Crippen LogP contribution in [0.15, 0.2) is 48.5 Å². The predicted molar refractivity (Wildman–Crippen MR) is 124 cm³/mol. The Labute approximate surface area is 191 Å². The van der Waals surface area contributed by atoms with Gasteiger partial charge in [0.25, 0.3) is 5.91 Å². The topological polar surface area (TPSA) is 41.6 Å². The number of carbonyl (C=O) groups excluding carboxylic acids is 1. The highest BCUT2D eigenvalue weighted by atomic mass is 19.4. The van der Waals surface area contributed by atoms with Gasteiger partial charge in [-0.1, -0.05) is 24.3 Å². The summed E-state index contributed by atoms with van der Waals surface area (Å²) in [5.74, 6) is 0.323. The number of hydrogen-bond donors (Lipinski definition) is 1. The van der Waals surface area contributed by atoms with Crippen LogP contribution in [0.3, 0.4) is 0 Å². The number of ether oxygens (including phenoxy) is 1. The second-order valence-corrected chi connectivity index (χ2v) is 8.43. The summed E-state index contributed by atoms with van der Waals surface area (Å²) in [4.78, 5) is 14.7. The van der Waals surface area contributed by atoms with E-state index in [0.717, 1.165) is 53.1 Å². The Balaban J connectivity index is 1.71. The van der Waals surface area contributed by atoms with E-state index >= 15 is 0 Å². The lowest BCUT2D eigenvalue weighted by atomic mass is 10.0. The molecule has 1 aromatic carbocycles. The Kier molecular flexibility index (Phi) is 6.17. The fraction of sp³-hybridized carbons (Fsp3) is 0.269. The second-order valence-electron chi connectivity index (χ2n) is 8.43. The van der Waals surface area contributed by atoms with Gasteiger partial charge in [-0.3, -0.25) is 4.79 Å². The van der Waals surface area contributed by atoms with Gasteiger partial charge in [0.05, 0.1) is 12.2 Å². The van der Waals surface area contributed by atoms with Crippen molar-refractivity contribution >= 4 is 23.2 Å². The van der Waals surface area contributed by atoms with Gasteiger partial charge in [0.2, 0.25) is 0 Å². The summed E-state index contributed by atoms with van der Waals surface area (Å²) in [6, 6.07) is 12.9. The zero-order chi connectivity index (χ0) is 23.8. The molecule has 1 amide bonds. The summed E-state index contributed by atoms with van der Waals surface area (Å²) >= 11 is 0. The van der Waals surface area contributed by atoms with E-state index in [0.29, 0.717) is 12.3 Å². The third kappa shape index (κ3) is 4.73. The lowest BCUT2D eigenvalue weighted by Crippen LogP contribution is -2.15. The number of hydrogen-bond acceptors (Lipinski definition) is 3. The van der Waals surface area contributed by atoms with Crippen LogP contribution in [-0.2, 0) is 11.0 Å². The smallest absolute Gasteiger partial charge is 0.416 e.